The molecular weight excluding hydrogens is 386 g/mol. The maximum atomic E-state index is 12.0. The van der Waals surface area contributed by atoms with E-state index in [2.05, 4.69) is 42.2 Å². The molecule has 0 aliphatic heterocycles. The van der Waals surface area contributed by atoms with Gasteiger partial charge < -0.3 is 11.1 Å². The van der Waals surface area contributed by atoms with Gasteiger partial charge in [0, 0.05) is 14.6 Å². The van der Waals surface area contributed by atoms with Gasteiger partial charge in [0.05, 0.1) is 24.0 Å². The van der Waals surface area contributed by atoms with Crippen LogP contribution >= 0.6 is 31.9 Å². The third-order valence-electron chi connectivity index (χ3n) is 2.64. The maximum absolute atomic E-state index is 12.0. The van der Waals surface area contributed by atoms with Gasteiger partial charge in [-0.1, -0.05) is 0 Å². The average molecular weight is 399 g/mol. The number of pyridine rings is 1. The lowest BCUT2D eigenvalue weighted by atomic mass is 10.2. The molecule has 1 aromatic carbocycles. The summed E-state index contributed by atoms with van der Waals surface area (Å²) in [6, 6.07) is 7.37. The molecule has 0 aliphatic rings. The number of benzene rings is 1. The zero-order chi connectivity index (χ0) is 14.7. The van der Waals surface area contributed by atoms with Crippen LogP contribution in [0.25, 0.3) is 0 Å². The molecule has 2 aromatic rings. The van der Waals surface area contributed by atoms with E-state index in [1.54, 1.807) is 18.3 Å². The molecule has 0 spiro atoms. The minimum absolute atomic E-state index is 0.132. The van der Waals surface area contributed by atoms with E-state index in [1.807, 2.05) is 19.1 Å². The number of nitrogen functional groups attached to an aromatic ring is 1. The van der Waals surface area contributed by atoms with Gasteiger partial charge in [0.2, 0.25) is 5.91 Å². The highest BCUT2D eigenvalue weighted by molar-refractivity contribution is 9.11. The monoisotopic (exact) mass is 397 g/mol. The summed E-state index contributed by atoms with van der Waals surface area (Å²) in [5.74, 6) is -0.132. The van der Waals surface area contributed by atoms with Gasteiger partial charge in [-0.05, 0) is 68.6 Å². The molecule has 6 heteroatoms. The summed E-state index contributed by atoms with van der Waals surface area (Å²) in [5, 5.41) is 2.86. The van der Waals surface area contributed by atoms with E-state index in [0.717, 1.165) is 20.2 Å². The molecule has 0 fully saturated rings. The number of rotatable bonds is 3. The van der Waals surface area contributed by atoms with Crippen molar-refractivity contribution in [3.05, 3.63) is 50.7 Å². The van der Waals surface area contributed by atoms with E-state index in [1.165, 1.54) is 0 Å². The standard InChI is InChI=1S/C14H13Br2N3O/c1-8-4-11(15)14(12(16)5-8)19-13(20)6-10-3-2-9(17)7-18-10/h2-5,7H,6,17H2,1H3,(H,19,20). The number of hydrogen-bond acceptors (Lipinski definition) is 3. The Morgan fingerprint density at radius 1 is 1.30 bits per heavy atom. The molecule has 1 heterocycles. The summed E-state index contributed by atoms with van der Waals surface area (Å²) in [7, 11) is 0. The van der Waals surface area contributed by atoms with Crippen molar-refractivity contribution in [1.82, 2.24) is 4.98 Å². The fraction of sp³-hybridized carbons (Fsp3) is 0.143. The molecule has 3 N–H and O–H groups in total. The Bertz CT molecular complexity index is 618. The maximum Gasteiger partial charge on any atom is 0.230 e. The highest BCUT2D eigenvalue weighted by Gasteiger charge is 2.11. The molecule has 1 amide bonds. The van der Waals surface area contributed by atoms with Crippen LogP contribution in [0.2, 0.25) is 0 Å². The number of carbonyl (C=O) groups excluding carboxylic acids is 1. The third kappa shape index (κ3) is 3.80. The number of nitrogens with zero attached hydrogens (tertiary/aromatic N) is 1. The first-order valence-corrected chi connectivity index (χ1v) is 7.50. The van der Waals surface area contributed by atoms with Crippen LogP contribution in [0, 0.1) is 6.92 Å². The Hall–Kier alpha value is -1.40. The summed E-state index contributed by atoms with van der Waals surface area (Å²) in [5.41, 5.74) is 8.64. The number of nitrogens with one attached hydrogen (secondary N) is 1. The lowest BCUT2D eigenvalue weighted by molar-refractivity contribution is -0.115. The molecule has 0 unspecified atom stereocenters. The summed E-state index contributed by atoms with van der Waals surface area (Å²) in [6.45, 7) is 1.99. The van der Waals surface area contributed by atoms with Gasteiger partial charge >= 0.3 is 0 Å². The molecule has 4 nitrogen and oxygen atoms in total. The van der Waals surface area contributed by atoms with Gasteiger partial charge in [-0.15, -0.1) is 0 Å². The van der Waals surface area contributed by atoms with Gasteiger partial charge in [0.25, 0.3) is 0 Å². The first-order valence-electron chi connectivity index (χ1n) is 5.91. The van der Waals surface area contributed by atoms with Crippen molar-refractivity contribution in [1.29, 1.82) is 0 Å². The van der Waals surface area contributed by atoms with Crippen LogP contribution in [0.5, 0.6) is 0 Å². The smallest absolute Gasteiger partial charge is 0.230 e. The number of aryl methyl sites for hydroxylation is 1. The van der Waals surface area contributed by atoms with Crippen LogP contribution in [0.15, 0.2) is 39.4 Å². The number of halogens is 2. The molecular formula is C14H13Br2N3O. The normalized spacial score (nSPS) is 10.3. The van der Waals surface area contributed by atoms with E-state index in [4.69, 9.17) is 5.73 Å². The van der Waals surface area contributed by atoms with Crippen LogP contribution in [-0.4, -0.2) is 10.9 Å². The largest absolute Gasteiger partial charge is 0.397 e. The van der Waals surface area contributed by atoms with Crippen molar-refractivity contribution in [2.24, 2.45) is 0 Å². The van der Waals surface area contributed by atoms with Crippen LogP contribution in [0.4, 0.5) is 11.4 Å². The molecule has 0 saturated heterocycles. The molecule has 20 heavy (non-hydrogen) atoms. The van der Waals surface area contributed by atoms with E-state index in [9.17, 15) is 4.79 Å². The molecule has 2 rings (SSSR count). The number of amides is 1. The number of aromatic nitrogens is 1. The second-order valence-electron chi connectivity index (χ2n) is 4.41. The fourth-order valence-corrected chi connectivity index (χ4v) is 3.32. The van der Waals surface area contributed by atoms with Crippen molar-refractivity contribution < 1.29 is 4.79 Å². The van der Waals surface area contributed by atoms with Crippen molar-refractivity contribution in [2.45, 2.75) is 13.3 Å². The molecule has 0 saturated carbocycles. The highest BCUT2D eigenvalue weighted by atomic mass is 79.9. The van der Waals surface area contributed by atoms with Crippen LogP contribution in [0.1, 0.15) is 11.3 Å². The summed E-state index contributed by atoms with van der Waals surface area (Å²) in [6.07, 6.45) is 1.74. The highest BCUT2D eigenvalue weighted by Crippen LogP contribution is 2.32. The summed E-state index contributed by atoms with van der Waals surface area (Å²) < 4.78 is 1.67. The van der Waals surface area contributed by atoms with E-state index in [-0.39, 0.29) is 12.3 Å². The zero-order valence-corrected chi connectivity index (χ0v) is 14.0. The van der Waals surface area contributed by atoms with Crippen LogP contribution in [0.3, 0.4) is 0 Å². The minimum Gasteiger partial charge on any atom is -0.397 e. The van der Waals surface area contributed by atoms with Crippen molar-refractivity contribution in [3.8, 4) is 0 Å². The van der Waals surface area contributed by atoms with Gasteiger partial charge in [-0.3, -0.25) is 9.78 Å². The molecule has 0 atom stereocenters. The van der Waals surface area contributed by atoms with Crippen LogP contribution in [-0.2, 0) is 11.2 Å². The number of hydrogen-bond donors (Lipinski definition) is 2. The fourth-order valence-electron chi connectivity index (χ4n) is 1.71. The third-order valence-corrected chi connectivity index (χ3v) is 3.89. The van der Waals surface area contributed by atoms with Gasteiger partial charge in [0.1, 0.15) is 0 Å². The SMILES string of the molecule is Cc1cc(Br)c(NC(=O)Cc2ccc(N)cn2)c(Br)c1. The Labute approximate surface area is 134 Å². The Kier molecular flexibility index (Phi) is 4.77. The molecule has 104 valence electrons. The van der Waals surface area contributed by atoms with Crippen molar-refractivity contribution in [2.75, 3.05) is 11.1 Å². The Balaban J connectivity index is 2.10. The zero-order valence-electron chi connectivity index (χ0n) is 10.8. The first kappa shape index (κ1) is 15.0. The van der Waals surface area contributed by atoms with Gasteiger partial charge in [0.15, 0.2) is 0 Å². The Morgan fingerprint density at radius 2 is 1.95 bits per heavy atom. The quantitative estimate of drug-likeness (QED) is 0.828. The number of nitrogens with two attached hydrogens (primary N) is 1. The first-order chi connectivity index (χ1) is 9.45. The molecule has 0 aliphatic carbocycles. The molecule has 1 aromatic heterocycles. The van der Waals surface area contributed by atoms with Gasteiger partial charge in [-0.2, -0.15) is 0 Å². The summed E-state index contributed by atoms with van der Waals surface area (Å²) in [4.78, 5) is 16.1. The van der Waals surface area contributed by atoms with E-state index < -0.39 is 0 Å². The second kappa shape index (κ2) is 6.37. The lowest BCUT2D eigenvalue weighted by Crippen LogP contribution is -2.16. The lowest BCUT2D eigenvalue weighted by Gasteiger charge is -2.10. The Morgan fingerprint density at radius 3 is 2.50 bits per heavy atom. The van der Waals surface area contributed by atoms with E-state index >= 15 is 0 Å². The molecule has 0 bridgehead atoms. The van der Waals surface area contributed by atoms with Gasteiger partial charge in [-0.25, -0.2) is 0 Å². The second-order valence-corrected chi connectivity index (χ2v) is 6.12. The van der Waals surface area contributed by atoms with Crippen molar-refractivity contribution >= 4 is 49.1 Å². The van der Waals surface area contributed by atoms with Crippen LogP contribution < -0.4 is 11.1 Å². The minimum atomic E-state index is -0.132. The number of anilines is 2. The topological polar surface area (TPSA) is 68.0 Å². The average Bonchev–Trinajstić information content (AvgIpc) is 2.36. The van der Waals surface area contributed by atoms with Crippen molar-refractivity contribution in [3.63, 3.8) is 0 Å². The predicted octanol–water partition coefficient (Wildman–Crippen LogP) is 3.68. The molecule has 0 radical (unpaired) electrons. The van der Waals surface area contributed by atoms with E-state index in [0.29, 0.717) is 11.4 Å². The number of carbonyl (C=O) groups is 1. The predicted molar refractivity (Wildman–Crippen MR) is 87.6 cm³/mol. The summed E-state index contributed by atoms with van der Waals surface area (Å²) >= 11 is 6.89.